The fraction of sp³-hybridized carbons (Fsp3) is 0.250. The molecule has 1 aromatic carbocycles. The van der Waals surface area contributed by atoms with E-state index >= 15 is 0 Å². The Morgan fingerprint density at radius 2 is 1.90 bits per heavy atom. The second-order valence-electron chi connectivity index (χ2n) is 4.63. The van der Waals surface area contributed by atoms with Crippen LogP contribution in [-0.2, 0) is 6.42 Å². The van der Waals surface area contributed by atoms with Gasteiger partial charge in [-0.05, 0) is 36.6 Å². The van der Waals surface area contributed by atoms with Gasteiger partial charge in [0.15, 0.2) is 5.82 Å². The molecular formula is C12H12N6O2. The molecule has 0 atom stereocenters. The fourth-order valence-electron chi connectivity index (χ4n) is 2.21. The summed E-state index contributed by atoms with van der Waals surface area (Å²) < 4.78 is 0. The molecule has 3 N–H and O–H groups in total. The van der Waals surface area contributed by atoms with Gasteiger partial charge in [0, 0.05) is 6.42 Å². The molecule has 0 bridgehead atoms. The maximum atomic E-state index is 11.5. The van der Waals surface area contributed by atoms with E-state index in [4.69, 9.17) is 0 Å². The van der Waals surface area contributed by atoms with Crippen LogP contribution >= 0.6 is 0 Å². The SMILES string of the molecule is Cc1cc2[nH]c(=O)c(=O)[nH]c2c(Cc2nn[nH]n2)c1C. The van der Waals surface area contributed by atoms with Crippen molar-refractivity contribution in [3.63, 3.8) is 0 Å². The third-order valence-corrected chi connectivity index (χ3v) is 3.39. The van der Waals surface area contributed by atoms with Crippen LogP contribution in [0, 0.1) is 13.8 Å². The van der Waals surface area contributed by atoms with E-state index in [1.54, 1.807) is 0 Å². The maximum Gasteiger partial charge on any atom is 0.314 e. The smallest absolute Gasteiger partial charge is 0.314 e. The molecule has 0 amide bonds. The van der Waals surface area contributed by atoms with Crippen molar-refractivity contribution >= 4 is 11.0 Å². The Labute approximate surface area is 112 Å². The van der Waals surface area contributed by atoms with Gasteiger partial charge in [0.2, 0.25) is 0 Å². The Morgan fingerprint density at radius 1 is 1.15 bits per heavy atom. The minimum absolute atomic E-state index is 0.419. The topological polar surface area (TPSA) is 120 Å². The molecule has 2 heterocycles. The average Bonchev–Trinajstić information content (AvgIpc) is 2.91. The molecule has 0 spiro atoms. The molecule has 2 aromatic heterocycles. The Balaban J connectivity index is 2.32. The Bertz CT molecular complexity index is 891. The molecule has 0 saturated carbocycles. The molecule has 3 rings (SSSR count). The highest BCUT2D eigenvalue weighted by Gasteiger charge is 2.13. The van der Waals surface area contributed by atoms with Gasteiger partial charge < -0.3 is 9.97 Å². The van der Waals surface area contributed by atoms with Gasteiger partial charge in [0.25, 0.3) is 0 Å². The summed E-state index contributed by atoms with van der Waals surface area (Å²) in [5.74, 6) is 0.520. The van der Waals surface area contributed by atoms with E-state index in [9.17, 15) is 9.59 Å². The monoisotopic (exact) mass is 272 g/mol. The number of tetrazole rings is 1. The molecule has 102 valence electrons. The van der Waals surface area contributed by atoms with Crippen molar-refractivity contribution < 1.29 is 0 Å². The number of rotatable bonds is 2. The summed E-state index contributed by atoms with van der Waals surface area (Å²) in [6.45, 7) is 3.89. The van der Waals surface area contributed by atoms with E-state index in [2.05, 4.69) is 30.6 Å². The van der Waals surface area contributed by atoms with Gasteiger partial charge in [-0.25, -0.2) is 0 Å². The van der Waals surface area contributed by atoms with Crippen molar-refractivity contribution in [1.29, 1.82) is 0 Å². The fourth-order valence-corrected chi connectivity index (χ4v) is 2.21. The zero-order valence-corrected chi connectivity index (χ0v) is 10.9. The summed E-state index contributed by atoms with van der Waals surface area (Å²) in [5.41, 5.74) is 2.76. The number of aromatic amines is 3. The first kappa shape index (κ1) is 12.3. The summed E-state index contributed by atoms with van der Waals surface area (Å²) in [4.78, 5) is 28.2. The Kier molecular flexibility index (Phi) is 2.70. The second kappa shape index (κ2) is 4.41. The van der Waals surface area contributed by atoms with Gasteiger partial charge >= 0.3 is 11.1 Å². The van der Waals surface area contributed by atoms with Crippen LogP contribution in [0.3, 0.4) is 0 Å². The highest BCUT2D eigenvalue weighted by Crippen LogP contribution is 2.22. The Hall–Kier alpha value is -2.77. The first-order chi connectivity index (χ1) is 9.56. The van der Waals surface area contributed by atoms with Crippen LogP contribution in [0.2, 0.25) is 0 Å². The number of nitrogens with one attached hydrogen (secondary N) is 3. The van der Waals surface area contributed by atoms with Crippen LogP contribution in [0.25, 0.3) is 11.0 Å². The molecule has 8 nitrogen and oxygen atoms in total. The van der Waals surface area contributed by atoms with E-state index in [1.807, 2.05) is 19.9 Å². The molecule has 20 heavy (non-hydrogen) atoms. The van der Waals surface area contributed by atoms with Crippen LogP contribution in [0.5, 0.6) is 0 Å². The van der Waals surface area contributed by atoms with E-state index in [-0.39, 0.29) is 0 Å². The molecule has 0 aliphatic carbocycles. The third-order valence-electron chi connectivity index (χ3n) is 3.39. The standard InChI is InChI=1S/C12H12N6O2/c1-5-3-8-10(14-12(20)11(19)13-8)7(6(5)2)4-9-15-17-18-16-9/h3H,4H2,1-2H3,(H,13,19)(H,14,20)(H,15,16,17,18). The predicted octanol–water partition coefficient (Wildman–Crippen LogP) is -0.0629. The van der Waals surface area contributed by atoms with E-state index in [0.29, 0.717) is 23.3 Å². The van der Waals surface area contributed by atoms with E-state index < -0.39 is 11.1 Å². The Morgan fingerprint density at radius 3 is 2.60 bits per heavy atom. The summed E-state index contributed by atoms with van der Waals surface area (Å²) in [5, 5.41) is 13.7. The number of fused-ring (bicyclic) bond motifs is 1. The lowest BCUT2D eigenvalue weighted by Gasteiger charge is -2.11. The van der Waals surface area contributed by atoms with Crippen LogP contribution in [-0.4, -0.2) is 30.6 Å². The summed E-state index contributed by atoms with van der Waals surface area (Å²) >= 11 is 0. The first-order valence-electron chi connectivity index (χ1n) is 6.04. The van der Waals surface area contributed by atoms with Gasteiger partial charge in [-0.1, -0.05) is 5.21 Å². The molecule has 0 unspecified atom stereocenters. The number of benzene rings is 1. The van der Waals surface area contributed by atoms with Gasteiger partial charge in [-0.3, -0.25) is 9.59 Å². The molecule has 0 aliphatic rings. The molecular weight excluding hydrogens is 260 g/mol. The van der Waals surface area contributed by atoms with Crippen LogP contribution < -0.4 is 11.1 Å². The van der Waals surface area contributed by atoms with E-state index in [0.717, 1.165) is 16.7 Å². The van der Waals surface area contributed by atoms with Crippen molar-refractivity contribution in [3.05, 3.63) is 49.3 Å². The van der Waals surface area contributed by atoms with Crippen molar-refractivity contribution in [3.8, 4) is 0 Å². The van der Waals surface area contributed by atoms with Crippen LogP contribution in [0.4, 0.5) is 0 Å². The minimum atomic E-state index is -0.671. The van der Waals surface area contributed by atoms with Gasteiger partial charge in [0.05, 0.1) is 11.0 Å². The van der Waals surface area contributed by atoms with E-state index in [1.165, 1.54) is 0 Å². The zero-order chi connectivity index (χ0) is 14.3. The molecule has 8 heteroatoms. The lowest BCUT2D eigenvalue weighted by Crippen LogP contribution is -2.29. The highest BCUT2D eigenvalue weighted by molar-refractivity contribution is 5.80. The van der Waals surface area contributed by atoms with Crippen LogP contribution in [0.15, 0.2) is 15.7 Å². The number of aryl methyl sites for hydroxylation is 1. The summed E-state index contributed by atoms with van der Waals surface area (Å²) in [7, 11) is 0. The van der Waals surface area contributed by atoms with Crippen molar-refractivity contribution in [2.45, 2.75) is 20.3 Å². The number of nitrogens with zero attached hydrogens (tertiary/aromatic N) is 3. The molecule has 0 saturated heterocycles. The lowest BCUT2D eigenvalue weighted by molar-refractivity contribution is 0.881. The van der Waals surface area contributed by atoms with Gasteiger partial charge in [0.1, 0.15) is 0 Å². The number of aromatic nitrogens is 6. The second-order valence-corrected chi connectivity index (χ2v) is 4.63. The van der Waals surface area contributed by atoms with Gasteiger partial charge in [-0.15, -0.1) is 10.2 Å². The summed E-state index contributed by atoms with van der Waals surface area (Å²) in [6, 6.07) is 1.84. The number of H-pyrrole nitrogens is 3. The largest absolute Gasteiger partial charge is 0.316 e. The predicted molar refractivity (Wildman–Crippen MR) is 71.6 cm³/mol. The maximum absolute atomic E-state index is 11.5. The minimum Gasteiger partial charge on any atom is -0.316 e. The van der Waals surface area contributed by atoms with Crippen molar-refractivity contribution in [2.75, 3.05) is 0 Å². The zero-order valence-electron chi connectivity index (χ0n) is 10.9. The number of hydrogen-bond donors (Lipinski definition) is 3. The number of hydrogen-bond acceptors (Lipinski definition) is 5. The molecule has 0 fully saturated rings. The van der Waals surface area contributed by atoms with Crippen molar-refractivity contribution in [1.82, 2.24) is 30.6 Å². The molecule has 0 aliphatic heterocycles. The third kappa shape index (κ3) is 1.91. The molecule has 3 aromatic rings. The van der Waals surface area contributed by atoms with Crippen molar-refractivity contribution in [2.24, 2.45) is 0 Å². The normalized spacial score (nSPS) is 11.1. The lowest BCUT2D eigenvalue weighted by atomic mass is 9.98. The average molecular weight is 272 g/mol. The highest BCUT2D eigenvalue weighted by atomic mass is 16.2. The first-order valence-corrected chi connectivity index (χ1v) is 6.04. The molecule has 0 radical (unpaired) electrons. The van der Waals surface area contributed by atoms with Gasteiger partial charge in [-0.2, -0.15) is 5.21 Å². The quantitative estimate of drug-likeness (QED) is 0.564. The summed E-state index contributed by atoms with van der Waals surface area (Å²) in [6.07, 6.45) is 0.419. The van der Waals surface area contributed by atoms with Crippen LogP contribution in [0.1, 0.15) is 22.5 Å².